The maximum absolute atomic E-state index is 11.9. The highest BCUT2D eigenvalue weighted by molar-refractivity contribution is 6.15. The summed E-state index contributed by atoms with van der Waals surface area (Å²) in [6, 6.07) is 15.3. The van der Waals surface area contributed by atoms with Crippen LogP contribution in [0.15, 0.2) is 60.3 Å². The van der Waals surface area contributed by atoms with Crippen molar-refractivity contribution >= 4 is 40.8 Å². The molecule has 7 heteroatoms. The van der Waals surface area contributed by atoms with Gasteiger partial charge in [-0.25, -0.2) is 14.6 Å². The zero-order valence-corrected chi connectivity index (χ0v) is 15.9. The van der Waals surface area contributed by atoms with E-state index in [0.29, 0.717) is 5.69 Å². The van der Waals surface area contributed by atoms with Gasteiger partial charge in [0, 0.05) is 25.7 Å². The van der Waals surface area contributed by atoms with Crippen LogP contribution in [0.1, 0.15) is 25.2 Å². The number of benzene rings is 2. The van der Waals surface area contributed by atoms with Gasteiger partial charge in [-0.1, -0.05) is 30.3 Å². The number of H-pyrrole nitrogens is 1. The topological polar surface area (TPSA) is 93.3 Å². The lowest BCUT2D eigenvalue weighted by Gasteiger charge is -2.29. The second-order valence-corrected chi connectivity index (χ2v) is 6.98. The van der Waals surface area contributed by atoms with Gasteiger partial charge in [0.15, 0.2) is 5.57 Å². The predicted molar refractivity (Wildman–Crippen MR) is 109 cm³/mol. The Kier molecular flexibility index (Phi) is 4.64. The maximum atomic E-state index is 11.9. The summed E-state index contributed by atoms with van der Waals surface area (Å²) >= 11 is 0. The minimum absolute atomic E-state index is 0.182. The molecule has 1 aliphatic rings. The van der Waals surface area contributed by atoms with Crippen molar-refractivity contribution in [3.63, 3.8) is 0 Å². The summed E-state index contributed by atoms with van der Waals surface area (Å²) in [5.41, 5.74) is 3.41. The minimum Gasteiger partial charge on any atom is -0.419 e. The molecule has 2 heterocycles. The van der Waals surface area contributed by atoms with Crippen molar-refractivity contribution in [2.75, 3.05) is 5.32 Å². The fourth-order valence-corrected chi connectivity index (χ4v) is 2.85. The summed E-state index contributed by atoms with van der Waals surface area (Å²) in [6.45, 7) is 3.01. The number of carbonyl (C=O) groups is 2. The molecule has 4 rings (SSSR count). The van der Waals surface area contributed by atoms with Gasteiger partial charge in [-0.05, 0) is 35.9 Å². The first kappa shape index (κ1) is 18.5. The molecule has 1 fully saturated rings. The molecule has 146 valence electrons. The van der Waals surface area contributed by atoms with Gasteiger partial charge >= 0.3 is 11.9 Å². The number of imidazole rings is 1. The van der Waals surface area contributed by atoms with E-state index in [1.54, 1.807) is 0 Å². The molecule has 29 heavy (non-hydrogen) atoms. The molecule has 0 spiro atoms. The van der Waals surface area contributed by atoms with E-state index in [1.807, 2.05) is 60.7 Å². The Hall–Kier alpha value is -3.87. The van der Waals surface area contributed by atoms with Crippen LogP contribution in [0.3, 0.4) is 0 Å². The Morgan fingerprint density at radius 3 is 2.34 bits per heavy atom. The number of aromatic nitrogens is 2. The maximum Gasteiger partial charge on any atom is 0.350 e. The number of nitrogens with one attached hydrogen (secondary N) is 2. The Labute approximate surface area is 167 Å². The van der Waals surface area contributed by atoms with Gasteiger partial charge in [0.1, 0.15) is 5.82 Å². The first-order chi connectivity index (χ1) is 13.9. The summed E-state index contributed by atoms with van der Waals surface area (Å²) in [7, 11) is 0. The molecule has 0 radical (unpaired) electrons. The van der Waals surface area contributed by atoms with Crippen molar-refractivity contribution < 1.29 is 19.1 Å². The number of aromatic amines is 1. The molecular weight excluding hydrogens is 370 g/mol. The van der Waals surface area contributed by atoms with Crippen molar-refractivity contribution in [2.45, 2.75) is 19.6 Å². The van der Waals surface area contributed by atoms with E-state index in [1.165, 1.54) is 20.0 Å². The van der Waals surface area contributed by atoms with E-state index in [-0.39, 0.29) is 5.57 Å². The zero-order chi connectivity index (χ0) is 20.4. The molecule has 2 N–H and O–H groups in total. The fraction of sp³-hybridized carbons (Fsp3) is 0.136. The molecule has 0 saturated carbocycles. The number of fused-ring (bicyclic) bond motifs is 1. The molecule has 2 aromatic carbocycles. The molecule has 3 aromatic rings. The van der Waals surface area contributed by atoms with E-state index < -0.39 is 17.7 Å². The first-order valence-corrected chi connectivity index (χ1v) is 9.06. The predicted octanol–water partition coefficient (Wildman–Crippen LogP) is 3.87. The average molecular weight is 389 g/mol. The normalized spacial score (nSPS) is 16.0. The van der Waals surface area contributed by atoms with Crippen LogP contribution in [-0.4, -0.2) is 27.7 Å². The van der Waals surface area contributed by atoms with Crippen molar-refractivity contribution in [3.05, 3.63) is 71.7 Å². The monoisotopic (exact) mass is 389 g/mol. The van der Waals surface area contributed by atoms with Crippen LogP contribution < -0.4 is 5.32 Å². The summed E-state index contributed by atoms with van der Waals surface area (Å²) in [5.74, 6) is -1.91. The molecule has 1 aromatic heterocycles. The summed E-state index contributed by atoms with van der Waals surface area (Å²) in [5, 5.41) is 2.91. The molecule has 0 aliphatic carbocycles. The highest BCUT2D eigenvalue weighted by atomic mass is 16.7. The van der Waals surface area contributed by atoms with E-state index in [2.05, 4.69) is 15.3 Å². The van der Waals surface area contributed by atoms with Crippen LogP contribution in [0, 0.1) is 0 Å². The summed E-state index contributed by atoms with van der Waals surface area (Å²) < 4.78 is 10.1. The molecule has 0 bridgehead atoms. The summed E-state index contributed by atoms with van der Waals surface area (Å²) in [4.78, 5) is 31.6. The molecule has 1 saturated heterocycles. The number of hydrogen-bond donors (Lipinski definition) is 2. The van der Waals surface area contributed by atoms with Crippen LogP contribution in [0.4, 0.5) is 5.69 Å². The molecular formula is C22H19N3O4. The highest BCUT2D eigenvalue weighted by Crippen LogP contribution is 2.23. The standard InChI is InChI=1S/C22H19N3O4/c1-22(2)28-20(26)16(21(27)29-22)13-23-15-10-7-14(8-11-15)9-12-19-24-17-5-3-4-6-18(17)25-19/h3-13,23H,1-2H3,(H,24,25). The Morgan fingerprint density at radius 2 is 1.66 bits per heavy atom. The Balaban J connectivity index is 1.43. The van der Waals surface area contributed by atoms with Crippen molar-refractivity contribution in [1.29, 1.82) is 0 Å². The SMILES string of the molecule is CC1(C)OC(=O)C(=CNc2ccc(C=Cc3nc4ccccc4[nH]3)cc2)C(=O)O1. The average Bonchev–Trinajstić information content (AvgIpc) is 3.09. The van der Waals surface area contributed by atoms with Gasteiger partial charge in [-0.3, -0.25) is 0 Å². The van der Waals surface area contributed by atoms with Crippen LogP contribution >= 0.6 is 0 Å². The van der Waals surface area contributed by atoms with Crippen LogP contribution in [0.5, 0.6) is 0 Å². The van der Waals surface area contributed by atoms with Crippen molar-refractivity contribution in [3.8, 4) is 0 Å². The third-order valence-electron chi connectivity index (χ3n) is 4.25. The van der Waals surface area contributed by atoms with Crippen LogP contribution in [0.25, 0.3) is 23.2 Å². The van der Waals surface area contributed by atoms with Gasteiger partial charge in [-0.2, -0.15) is 0 Å². The smallest absolute Gasteiger partial charge is 0.350 e. The van der Waals surface area contributed by atoms with Gasteiger partial charge in [0.2, 0.25) is 0 Å². The van der Waals surface area contributed by atoms with Crippen molar-refractivity contribution in [2.24, 2.45) is 0 Å². The van der Waals surface area contributed by atoms with Gasteiger partial charge in [0.05, 0.1) is 11.0 Å². The van der Waals surface area contributed by atoms with Crippen molar-refractivity contribution in [1.82, 2.24) is 9.97 Å². The lowest BCUT2D eigenvalue weighted by Crippen LogP contribution is -2.42. The Bertz CT molecular complexity index is 1090. The lowest BCUT2D eigenvalue weighted by molar-refractivity contribution is -0.222. The second kappa shape index (κ2) is 7.27. The van der Waals surface area contributed by atoms with E-state index in [4.69, 9.17) is 9.47 Å². The van der Waals surface area contributed by atoms with Crippen LogP contribution in [-0.2, 0) is 19.1 Å². The fourth-order valence-electron chi connectivity index (χ4n) is 2.85. The van der Waals surface area contributed by atoms with Gasteiger partial charge < -0.3 is 19.8 Å². The third kappa shape index (κ3) is 4.19. The quantitative estimate of drug-likeness (QED) is 0.400. The first-order valence-electron chi connectivity index (χ1n) is 9.06. The Morgan fingerprint density at radius 1 is 0.966 bits per heavy atom. The lowest BCUT2D eigenvalue weighted by atomic mass is 10.2. The number of rotatable bonds is 4. The van der Waals surface area contributed by atoms with Gasteiger partial charge in [0.25, 0.3) is 5.79 Å². The molecule has 0 amide bonds. The minimum atomic E-state index is -1.25. The summed E-state index contributed by atoms with van der Waals surface area (Å²) in [6.07, 6.45) is 5.14. The molecule has 0 unspecified atom stereocenters. The number of carbonyl (C=O) groups excluding carboxylic acids is 2. The molecule has 7 nitrogen and oxygen atoms in total. The number of para-hydroxylation sites is 2. The zero-order valence-electron chi connectivity index (χ0n) is 15.9. The highest BCUT2D eigenvalue weighted by Gasteiger charge is 2.38. The van der Waals surface area contributed by atoms with E-state index in [0.717, 1.165) is 22.4 Å². The molecule has 1 aliphatic heterocycles. The largest absolute Gasteiger partial charge is 0.419 e. The van der Waals surface area contributed by atoms with Gasteiger partial charge in [-0.15, -0.1) is 0 Å². The second-order valence-electron chi connectivity index (χ2n) is 6.98. The van der Waals surface area contributed by atoms with E-state index >= 15 is 0 Å². The number of hydrogen-bond acceptors (Lipinski definition) is 6. The number of anilines is 1. The number of nitrogens with zero attached hydrogens (tertiary/aromatic N) is 1. The van der Waals surface area contributed by atoms with E-state index in [9.17, 15) is 9.59 Å². The van der Waals surface area contributed by atoms with Crippen LogP contribution in [0.2, 0.25) is 0 Å². The number of ether oxygens (including phenoxy) is 2. The molecule has 0 atom stereocenters. The third-order valence-corrected chi connectivity index (χ3v) is 4.25. The number of cyclic esters (lactones) is 2. The number of esters is 2.